The van der Waals surface area contributed by atoms with Crippen LogP contribution in [-0.2, 0) is 20.7 Å². The van der Waals surface area contributed by atoms with E-state index in [4.69, 9.17) is 4.74 Å². The Balaban J connectivity index is 1.91. The molecule has 0 spiro atoms. The van der Waals surface area contributed by atoms with Crippen LogP contribution in [0.15, 0.2) is 30.3 Å². The highest BCUT2D eigenvalue weighted by Crippen LogP contribution is 2.29. The second-order valence-corrected chi connectivity index (χ2v) is 7.94. The van der Waals surface area contributed by atoms with Gasteiger partial charge in [-0.1, -0.05) is 24.6 Å². The number of hydrogen-bond donors (Lipinski definition) is 3. The van der Waals surface area contributed by atoms with Crippen molar-refractivity contribution in [3.8, 4) is 0 Å². The number of carbonyl (C=O) groups is 3. The van der Waals surface area contributed by atoms with Gasteiger partial charge in [-0.15, -0.1) is 11.3 Å². The van der Waals surface area contributed by atoms with Crippen molar-refractivity contribution in [2.75, 3.05) is 37.4 Å². The second-order valence-electron chi connectivity index (χ2n) is 6.80. The smallest absolute Gasteiger partial charge is 0.341 e. The zero-order valence-corrected chi connectivity index (χ0v) is 18.1. The van der Waals surface area contributed by atoms with Crippen molar-refractivity contribution >= 4 is 39.8 Å². The molecule has 1 unspecified atom stereocenters. The number of quaternary nitrogens is 1. The molecular weight excluding hydrogens is 390 g/mol. The summed E-state index contributed by atoms with van der Waals surface area (Å²) in [6, 6.07) is 9.28. The summed E-state index contributed by atoms with van der Waals surface area (Å²) in [7, 11) is 1.77. The topological polar surface area (TPSA) is 88.9 Å². The lowest BCUT2D eigenvalue weighted by atomic mass is 10.2. The van der Waals surface area contributed by atoms with Gasteiger partial charge in [-0.3, -0.25) is 9.59 Å². The SMILES string of the molecule is CCOC(=O)c1cc(CC)sc1NC(=O)C[NH+](C)CC(=O)Nc1ccc(C)cc1. The lowest BCUT2D eigenvalue weighted by Gasteiger charge is -2.14. The Morgan fingerprint density at radius 2 is 1.66 bits per heavy atom. The van der Waals surface area contributed by atoms with Crippen molar-refractivity contribution in [3.05, 3.63) is 46.3 Å². The summed E-state index contributed by atoms with van der Waals surface area (Å²) in [5.74, 6) is -0.881. The highest BCUT2D eigenvalue weighted by molar-refractivity contribution is 7.16. The number of benzene rings is 1. The number of aryl methyl sites for hydroxylation is 2. The lowest BCUT2D eigenvalue weighted by molar-refractivity contribution is -0.862. The van der Waals surface area contributed by atoms with E-state index >= 15 is 0 Å². The Bertz CT molecular complexity index is 861. The zero-order valence-electron chi connectivity index (χ0n) is 17.3. The molecule has 0 bridgehead atoms. The third-order valence-electron chi connectivity index (χ3n) is 4.14. The van der Waals surface area contributed by atoms with Gasteiger partial charge in [0.1, 0.15) is 5.00 Å². The predicted octanol–water partition coefficient (Wildman–Crippen LogP) is 1.89. The Hall–Kier alpha value is -2.71. The first kappa shape index (κ1) is 22.6. The largest absolute Gasteiger partial charge is 0.462 e. The summed E-state index contributed by atoms with van der Waals surface area (Å²) in [6.45, 7) is 6.22. The van der Waals surface area contributed by atoms with E-state index in [-0.39, 0.29) is 31.5 Å². The first-order valence-corrected chi connectivity index (χ1v) is 10.4. The first-order valence-electron chi connectivity index (χ1n) is 9.59. The molecule has 1 heterocycles. The van der Waals surface area contributed by atoms with Crippen LogP contribution >= 0.6 is 11.3 Å². The summed E-state index contributed by atoms with van der Waals surface area (Å²) >= 11 is 1.36. The lowest BCUT2D eigenvalue weighted by Crippen LogP contribution is -3.11. The molecule has 3 N–H and O–H groups in total. The van der Waals surface area contributed by atoms with E-state index in [0.29, 0.717) is 10.6 Å². The van der Waals surface area contributed by atoms with Gasteiger partial charge in [-0.25, -0.2) is 4.79 Å². The Labute approximate surface area is 175 Å². The molecule has 2 aromatic rings. The maximum Gasteiger partial charge on any atom is 0.341 e. The molecule has 0 fully saturated rings. The number of carbonyl (C=O) groups excluding carboxylic acids is 3. The van der Waals surface area contributed by atoms with Gasteiger partial charge in [0.05, 0.1) is 19.2 Å². The van der Waals surface area contributed by atoms with Crippen LogP contribution in [0.3, 0.4) is 0 Å². The average molecular weight is 419 g/mol. The Kier molecular flexibility index (Phi) is 8.35. The predicted molar refractivity (Wildman–Crippen MR) is 115 cm³/mol. The van der Waals surface area contributed by atoms with Crippen molar-refractivity contribution in [2.45, 2.75) is 27.2 Å². The zero-order chi connectivity index (χ0) is 21.4. The number of hydrogen-bond acceptors (Lipinski definition) is 5. The number of likely N-dealkylation sites (N-methyl/N-ethyl adjacent to an activating group) is 1. The van der Waals surface area contributed by atoms with E-state index in [1.807, 2.05) is 38.1 Å². The van der Waals surface area contributed by atoms with Crippen molar-refractivity contribution in [1.82, 2.24) is 0 Å². The Morgan fingerprint density at radius 1 is 1.03 bits per heavy atom. The second kappa shape index (κ2) is 10.7. The van der Waals surface area contributed by atoms with Crippen LogP contribution in [0, 0.1) is 6.92 Å². The molecule has 0 aliphatic rings. The molecule has 2 rings (SSSR count). The molecule has 0 aliphatic heterocycles. The van der Waals surface area contributed by atoms with E-state index in [0.717, 1.165) is 27.4 Å². The highest BCUT2D eigenvalue weighted by Gasteiger charge is 2.20. The molecule has 0 radical (unpaired) electrons. The van der Waals surface area contributed by atoms with Crippen molar-refractivity contribution < 1.29 is 24.0 Å². The van der Waals surface area contributed by atoms with Crippen LogP contribution in [0.1, 0.15) is 34.6 Å². The van der Waals surface area contributed by atoms with Crippen LogP contribution in [-0.4, -0.2) is 44.5 Å². The summed E-state index contributed by atoms with van der Waals surface area (Å²) in [4.78, 5) is 38.4. The van der Waals surface area contributed by atoms with Gasteiger partial charge in [-0.2, -0.15) is 0 Å². The average Bonchev–Trinajstić information content (AvgIpc) is 3.06. The minimum absolute atomic E-state index is 0.100. The fourth-order valence-corrected chi connectivity index (χ4v) is 3.69. The van der Waals surface area contributed by atoms with E-state index in [1.165, 1.54) is 11.3 Å². The number of nitrogens with one attached hydrogen (secondary N) is 3. The third kappa shape index (κ3) is 6.99. The van der Waals surface area contributed by atoms with Crippen molar-refractivity contribution in [3.63, 3.8) is 0 Å². The summed E-state index contributed by atoms with van der Waals surface area (Å²) in [6.07, 6.45) is 0.761. The maximum atomic E-state index is 12.4. The van der Waals surface area contributed by atoms with E-state index in [9.17, 15) is 14.4 Å². The van der Waals surface area contributed by atoms with Gasteiger partial charge < -0.3 is 20.3 Å². The van der Waals surface area contributed by atoms with Crippen LogP contribution in [0.5, 0.6) is 0 Å². The molecule has 156 valence electrons. The number of rotatable bonds is 9. The molecular formula is C21H28N3O4S+. The first-order chi connectivity index (χ1) is 13.8. The third-order valence-corrected chi connectivity index (χ3v) is 5.33. The van der Waals surface area contributed by atoms with Gasteiger partial charge in [0.25, 0.3) is 11.8 Å². The quantitative estimate of drug-likeness (QED) is 0.543. The normalized spacial score (nSPS) is 11.6. The van der Waals surface area contributed by atoms with Crippen molar-refractivity contribution in [1.29, 1.82) is 0 Å². The molecule has 0 saturated carbocycles. The van der Waals surface area contributed by atoms with Gasteiger partial charge in [0.15, 0.2) is 13.1 Å². The standard InChI is InChI=1S/C21H27N3O4S/c1-5-16-11-17(21(27)28-6-2)20(29-16)23-19(26)13-24(4)12-18(25)22-15-9-7-14(3)8-10-15/h7-11H,5-6,12-13H2,1-4H3,(H,22,25)(H,23,26)/p+1. The van der Waals surface area contributed by atoms with Crippen LogP contribution < -0.4 is 15.5 Å². The molecule has 1 aromatic heterocycles. The van der Waals surface area contributed by atoms with Crippen molar-refractivity contribution in [2.24, 2.45) is 0 Å². The van der Waals surface area contributed by atoms with Gasteiger partial charge in [0.2, 0.25) is 0 Å². The fraction of sp³-hybridized carbons (Fsp3) is 0.381. The molecule has 0 aliphatic carbocycles. The molecule has 7 nitrogen and oxygen atoms in total. The highest BCUT2D eigenvalue weighted by atomic mass is 32.1. The van der Waals surface area contributed by atoms with E-state index < -0.39 is 5.97 Å². The van der Waals surface area contributed by atoms with Crippen LogP contribution in [0.4, 0.5) is 10.7 Å². The maximum absolute atomic E-state index is 12.4. The molecule has 0 saturated heterocycles. The van der Waals surface area contributed by atoms with E-state index in [1.54, 1.807) is 20.0 Å². The number of thiophene rings is 1. The molecule has 8 heteroatoms. The number of esters is 1. The number of amides is 2. The Morgan fingerprint density at radius 3 is 2.24 bits per heavy atom. The minimum atomic E-state index is -0.447. The minimum Gasteiger partial charge on any atom is -0.462 e. The summed E-state index contributed by atoms with van der Waals surface area (Å²) in [5, 5.41) is 6.10. The van der Waals surface area contributed by atoms with E-state index in [2.05, 4.69) is 10.6 Å². The fourth-order valence-electron chi connectivity index (χ4n) is 2.69. The van der Waals surface area contributed by atoms with Crippen LogP contribution in [0.2, 0.25) is 0 Å². The van der Waals surface area contributed by atoms with Gasteiger partial charge in [-0.05, 0) is 38.5 Å². The number of ether oxygens (including phenoxy) is 1. The van der Waals surface area contributed by atoms with Gasteiger partial charge >= 0.3 is 5.97 Å². The van der Waals surface area contributed by atoms with Gasteiger partial charge in [0, 0.05) is 10.6 Å². The molecule has 29 heavy (non-hydrogen) atoms. The monoisotopic (exact) mass is 418 g/mol. The summed E-state index contributed by atoms with van der Waals surface area (Å²) in [5.41, 5.74) is 2.21. The van der Waals surface area contributed by atoms with Crippen LogP contribution in [0.25, 0.3) is 0 Å². The molecule has 1 aromatic carbocycles. The number of anilines is 2. The molecule has 1 atom stereocenters. The molecule has 2 amide bonds. The summed E-state index contributed by atoms with van der Waals surface area (Å²) < 4.78 is 5.06.